The van der Waals surface area contributed by atoms with Gasteiger partial charge < -0.3 is 29.7 Å². The van der Waals surface area contributed by atoms with Crippen LogP contribution in [0.5, 0.6) is 5.75 Å². The lowest BCUT2D eigenvalue weighted by Gasteiger charge is -2.44. The lowest BCUT2D eigenvalue weighted by atomic mass is 10.1. The number of hydrogen-bond donors (Lipinski definition) is 1. The number of rotatable bonds is 6. The maximum Gasteiger partial charge on any atom is 0.418 e. The molecule has 0 bridgehead atoms. The van der Waals surface area contributed by atoms with Crippen molar-refractivity contribution in [3.05, 3.63) is 17.8 Å². The number of carbonyl (C=O) groups is 2. The third kappa shape index (κ3) is 5.23. The number of carbonyl (C=O) groups excluding carboxylic acids is 2. The van der Waals surface area contributed by atoms with Crippen LogP contribution in [-0.2, 0) is 20.4 Å². The summed E-state index contributed by atoms with van der Waals surface area (Å²) in [5.41, 5.74) is 4.05. The quantitative estimate of drug-likeness (QED) is 0.677. The molecule has 12 heteroatoms. The number of fused-ring (bicyclic) bond motifs is 3. The molecule has 1 fully saturated rings. The van der Waals surface area contributed by atoms with E-state index in [4.69, 9.17) is 19.9 Å². The van der Waals surface area contributed by atoms with E-state index >= 15 is 0 Å². The molecular weight excluding hydrogens is 409 g/mol. The highest BCUT2D eigenvalue weighted by Gasteiger charge is 2.38. The van der Waals surface area contributed by atoms with E-state index in [1.54, 1.807) is 11.8 Å². The van der Waals surface area contributed by atoms with Crippen LogP contribution in [0.4, 0.5) is 23.8 Å². The van der Waals surface area contributed by atoms with Gasteiger partial charge in [0.15, 0.2) is 11.6 Å². The van der Waals surface area contributed by atoms with E-state index in [-0.39, 0.29) is 43.9 Å². The van der Waals surface area contributed by atoms with Gasteiger partial charge in [-0.05, 0) is 13.0 Å². The highest BCUT2D eigenvalue weighted by molar-refractivity contribution is 5.77. The molecule has 9 nitrogen and oxygen atoms in total. The number of aromatic nitrogens is 1. The molecule has 0 unspecified atom stereocenters. The van der Waals surface area contributed by atoms with Crippen LogP contribution in [0.1, 0.15) is 18.9 Å². The van der Waals surface area contributed by atoms with Gasteiger partial charge in [-0.3, -0.25) is 4.79 Å². The maximum absolute atomic E-state index is 12.9. The van der Waals surface area contributed by atoms with Crippen molar-refractivity contribution in [2.75, 3.05) is 44.4 Å². The van der Waals surface area contributed by atoms with Crippen molar-refractivity contribution in [2.45, 2.75) is 31.7 Å². The van der Waals surface area contributed by atoms with Gasteiger partial charge in [0.05, 0.1) is 31.2 Å². The van der Waals surface area contributed by atoms with Crippen molar-refractivity contribution in [3.8, 4) is 5.75 Å². The minimum absolute atomic E-state index is 0.0987. The van der Waals surface area contributed by atoms with Gasteiger partial charge in [0.1, 0.15) is 12.7 Å². The number of pyridine rings is 1. The standard InChI is InChI=1S/C18H23F3N4O5/c1-11(30-17(22)27)9-28-5-2-15(26)24-3-4-25-13(8-24)10-29-14-6-12(18(19,20)21)7-23-16(14)25/h6-7,11,13H,2-5,8-10H2,1H3,(H2,22,27)/t11-,13+/m0/s1. The van der Waals surface area contributed by atoms with E-state index in [0.717, 1.165) is 12.3 Å². The molecule has 2 amide bonds. The minimum Gasteiger partial charge on any atom is -0.487 e. The summed E-state index contributed by atoms with van der Waals surface area (Å²) in [6, 6.07) is 0.764. The van der Waals surface area contributed by atoms with Gasteiger partial charge in [-0.1, -0.05) is 0 Å². The van der Waals surface area contributed by atoms with Crippen LogP contribution in [-0.4, -0.2) is 73.5 Å². The summed E-state index contributed by atoms with van der Waals surface area (Å²) in [7, 11) is 0. The first kappa shape index (κ1) is 21.9. The summed E-state index contributed by atoms with van der Waals surface area (Å²) in [6.07, 6.45) is -4.94. The number of ether oxygens (including phenoxy) is 3. The summed E-state index contributed by atoms with van der Waals surface area (Å²) in [5, 5.41) is 0. The van der Waals surface area contributed by atoms with Crippen LogP contribution in [0, 0.1) is 0 Å². The van der Waals surface area contributed by atoms with Crippen molar-refractivity contribution in [1.82, 2.24) is 9.88 Å². The van der Waals surface area contributed by atoms with E-state index in [1.807, 2.05) is 4.90 Å². The minimum atomic E-state index is -4.49. The number of piperazine rings is 1. The zero-order valence-electron chi connectivity index (χ0n) is 16.4. The van der Waals surface area contributed by atoms with Crippen LogP contribution in [0.2, 0.25) is 0 Å². The average Bonchev–Trinajstić information content (AvgIpc) is 2.68. The molecule has 2 aliphatic rings. The molecule has 0 radical (unpaired) electrons. The number of nitrogens with two attached hydrogens (primary N) is 1. The summed E-state index contributed by atoms with van der Waals surface area (Å²) >= 11 is 0. The van der Waals surface area contributed by atoms with Crippen LogP contribution < -0.4 is 15.4 Å². The van der Waals surface area contributed by atoms with Gasteiger partial charge in [-0.15, -0.1) is 0 Å². The zero-order chi connectivity index (χ0) is 21.9. The Morgan fingerprint density at radius 3 is 2.87 bits per heavy atom. The van der Waals surface area contributed by atoms with E-state index in [0.29, 0.717) is 25.5 Å². The molecule has 2 N–H and O–H groups in total. The third-order valence-electron chi connectivity index (χ3n) is 4.83. The predicted octanol–water partition coefficient (Wildman–Crippen LogP) is 1.40. The number of anilines is 1. The largest absolute Gasteiger partial charge is 0.487 e. The monoisotopic (exact) mass is 432 g/mol. The van der Waals surface area contributed by atoms with Crippen LogP contribution >= 0.6 is 0 Å². The number of alkyl halides is 3. The third-order valence-corrected chi connectivity index (χ3v) is 4.83. The smallest absolute Gasteiger partial charge is 0.418 e. The van der Waals surface area contributed by atoms with Crippen LogP contribution in [0.15, 0.2) is 12.3 Å². The lowest BCUT2D eigenvalue weighted by Crippen LogP contribution is -2.58. The summed E-state index contributed by atoms with van der Waals surface area (Å²) in [6.45, 7) is 3.31. The molecule has 166 valence electrons. The van der Waals surface area contributed by atoms with Gasteiger partial charge >= 0.3 is 12.3 Å². The summed E-state index contributed by atoms with van der Waals surface area (Å²) in [5.74, 6) is 0.351. The summed E-state index contributed by atoms with van der Waals surface area (Å²) < 4.78 is 54.1. The first-order valence-electron chi connectivity index (χ1n) is 9.43. The first-order valence-corrected chi connectivity index (χ1v) is 9.43. The Labute approximate surface area is 170 Å². The number of halogens is 3. The second-order valence-electron chi connectivity index (χ2n) is 7.11. The Morgan fingerprint density at radius 1 is 1.40 bits per heavy atom. The van der Waals surface area contributed by atoms with E-state index in [1.165, 1.54) is 0 Å². The van der Waals surface area contributed by atoms with Crippen molar-refractivity contribution >= 4 is 17.8 Å². The van der Waals surface area contributed by atoms with Crippen LogP contribution in [0.25, 0.3) is 0 Å². The van der Waals surface area contributed by atoms with E-state index in [9.17, 15) is 22.8 Å². The molecule has 2 atom stereocenters. The molecule has 3 rings (SSSR count). The molecule has 0 aliphatic carbocycles. The fourth-order valence-corrected chi connectivity index (χ4v) is 3.40. The highest BCUT2D eigenvalue weighted by Crippen LogP contribution is 2.38. The molecule has 2 aliphatic heterocycles. The van der Waals surface area contributed by atoms with Crippen LogP contribution in [0.3, 0.4) is 0 Å². The number of nitrogens with zero attached hydrogens (tertiary/aromatic N) is 3. The van der Waals surface area contributed by atoms with Gasteiger partial charge in [0, 0.05) is 25.8 Å². The van der Waals surface area contributed by atoms with Gasteiger partial charge in [0.25, 0.3) is 0 Å². The number of primary amides is 1. The van der Waals surface area contributed by atoms with Gasteiger partial charge in [-0.2, -0.15) is 13.2 Å². The number of hydrogen-bond acceptors (Lipinski definition) is 7. The Kier molecular flexibility index (Phi) is 6.54. The highest BCUT2D eigenvalue weighted by atomic mass is 19.4. The SMILES string of the molecule is C[C@@H](COCCC(=O)N1CCN2c3ncc(C(F)(F)F)cc3OC[C@H]2C1)OC(N)=O. The fraction of sp³-hybridized carbons (Fsp3) is 0.611. The van der Waals surface area contributed by atoms with Crippen molar-refractivity contribution in [2.24, 2.45) is 5.73 Å². The van der Waals surface area contributed by atoms with E-state index in [2.05, 4.69) is 4.98 Å². The molecule has 1 saturated heterocycles. The Bertz CT molecular complexity index is 792. The van der Waals surface area contributed by atoms with Crippen molar-refractivity contribution in [3.63, 3.8) is 0 Å². The van der Waals surface area contributed by atoms with Crippen molar-refractivity contribution in [1.29, 1.82) is 0 Å². The topological polar surface area (TPSA) is 107 Å². The second-order valence-corrected chi connectivity index (χ2v) is 7.11. The Balaban J connectivity index is 1.50. The molecule has 30 heavy (non-hydrogen) atoms. The first-order chi connectivity index (χ1) is 14.1. The fourth-order valence-electron chi connectivity index (χ4n) is 3.40. The molecule has 0 spiro atoms. The molecule has 0 aromatic carbocycles. The molecule has 1 aromatic heterocycles. The van der Waals surface area contributed by atoms with E-state index < -0.39 is 23.9 Å². The maximum atomic E-state index is 12.9. The second kappa shape index (κ2) is 8.94. The summed E-state index contributed by atoms with van der Waals surface area (Å²) in [4.78, 5) is 30.6. The van der Waals surface area contributed by atoms with Gasteiger partial charge in [0.2, 0.25) is 5.91 Å². The molecular formula is C18H23F3N4O5. The lowest BCUT2D eigenvalue weighted by molar-refractivity contribution is -0.138. The molecule has 0 saturated carbocycles. The predicted molar refractivity (Wildman–Crippen MR) is 98.0 cm³/mol. The normalized spacial score (nSPS) is 19.4. The zero-order valence-corrected chi connectivity index (χ0v) is 16.4. The number of amides is 2. The molecule has 3 heterocycles. The Hall–Kier alpha value is -2.76. The Morgan fingerprint density at radius 2 is 2.17 bits per heavy atom. The average molecular weight is 432 g/mol. The molecule has 1 aromatic rings. The van der Waals surface area contributed by atoms with Gasteiger partial charge in [-0.25, -0.2) is 9.78 Å². The van der Waals surface area contributed by atoms with Crippen molar-refractivity contribution < 1.29 is 37.0 Å².